The number of rotatable bonds is 3. The minimum atomic E-state index is -4.49. The first-order chi connectivity index (χ1) is 9.45. The van der Waals surface area contributed by atoms with E-state index in [0.29, 0.717) is 13.1 Å². The second-order valence-corrected chi connectivity index (χ2v) is 4.59. The lowest BCUT2D eigenvalue weighted by atomic mass is 10.0. The summed E-state index contributed by atoms with van der Waals surface area (Å²) in [6.07, 6.45) is -4.49. The Bertz CT molecular complexity index is 464. The summed E-state index contributed by atoms with van der Waals surface area (Å²) in [5.74, 6) is -1.12. The standard InChI is InChI=1S/C13H16F4N2O.ClH/c1-20-11-9(3-2-4-10(11)14)12(13(15,16)17)19-7-5-18-6-8-19;/h2-4,12,18H,5-8H2,1H3;1H/t12-;/m0./s1. The van der Waals surface area contributed by atoms with Crippen molar-refractivity contribution in [2.45, 2.75) is 12.2 Å². The number of nitrogens with one attached hydrogen (secondary N) is 1. The van der Waals surface area contributed by atoms with Gasteiger partial charge in [0.05, 0.1) is 7.11 Å². The Labute approximate surface area is 126 Å². The molecule has 120 valence electrons. The van der Waals surface area contributed by atoms with Gasteiger partial charge in [-0.2, -0.15) is 13.2 Å². The van der Waals surface area contributed by atoms with E-state index in [0.717, 1.165) is 6.07 Å². The Hall–Kier alpha value is -1.05. The SMILES string of the molecule is COc1c(F)cccc1[C@H](N1CCNCC1)C(F)(F)F.Cl. The van der Waals surface area contributed by atoms with Crippen LogP contribution in [0.5, 0.6) is 5.75 Å². The van der Waals surface area contributed by atoms with E-state index in [1.165, 1.54) is 24.1 Å². The molecule has 1 aromatic carbocycles. The largest absolute Gasteiger partial charge is 0.493 e. The topological polar surface area (TPSA) is 24.5 Å². The van der Waals surface area contributed by atoms with E-state index >= 15 is 0 Å². The number of methoxy groups -OCH3 is 1. The second kappa shape index (κ2) is 7.29. The third kappa shape index (κ3) is 3.99. The molecule has 0 bridgehead atoms. The van der Waals surface area contributed by atoms with Crippen LogP contribution < -0.4 is 10.1 Å². The van der Waals surface area contributed by atoms with Crippen LogP contribution in [0.25, 0.3) is 0 Å². The van der Waals surface area contributed by atoms with Gasteiger partial charge in [0.2, 0.25) is 0 Å². The number of nitrogens with zero attached hydrogens (tertiary/aromatic N) is 1. The third-order valence-electron chi connectivity index (χ3n) is 3.32. The molecule has 0 radical (unpaired) electrons. The minimum absolute atomic E-state index is 0. The molecule has 0 saturated carbocycles. The Morgan fingerprint density at radius 2 is 1.86 bits per heavy atom. The molecular weight excluding hydrogens is 312 g/mol. The summed E-state index contributed by atoms with van der Waals surface area (Å²) >= 11 is 0. The first-order valence-corrected chi connectivity index (χ1v) is 6.29. The van der Waals surface area contributed by atoms with Crippen LogP contribution in [0.2, 0.25) is 0 Å². The van der Waals surface area contributed by atoms with E-state index in [2.05, 4.69) is 5.32 Å². The fraction of sp³-hybridized carbons (Fsp3) is 0.538. The van der Waals surface area contributed by atoms with Crippen molar-refractivity contribution in [2.75, 3.05) is 33.3 Å². The molecule has 0 unspecified atom stereocenters. The first-order valence-electron chi connectivity index (χ1n) is 6.29. The lowest BCUT2D eigenvalue weighted by Crippen LogP contribution is -2.49. The highest BCUT2D eigenvalue weighted by atomic mass is 35.5. The number of ether oxygens (including phenoxy) is 1. The monoisotopic (exact) mass is 328 g/mol. The summed E-state index contributed by atoms with van der Waals surface area (Å²) in [7, 11) is 1.17. The molecular formula is C13H17ClF4N2O. The van der Waals surface area contributed by atoms with Crippen LogP contribution in [0.1, 0.15) is 11.6 Å². The van der Waals surface area contributed by atoms with Crippen molar-refractivity contribution >= 4 is 12.4 Å². The molecule has 1 aliphatic rings. The van der Waals surface area contributed by atoms with Gasteiger partial charge in [0.15, 0.2) is 11.6 Å². The van der Waals surface area contributed by atoms with Gasteiger partial charge in [-0.1, -0.05) is 12.1 Å². The lowest BCUT2D eigenvalue weighted by molar-refractivity contribution is -0.188. The normalized spacial score (nSPS) is 18.0. The zero-order valence-electron chi connectivity index (χ0n) is 11.4. The zero-order valence-corrected chi connectivity index (χ0v) is 12.2. The van der Waals surface area contributed by atoms with Gasteiger partial charge in [-0.15, -0.1) is 12.4 Å². The molecule has 1 aromatic rings. The molecule has 0 amide bonds. The van der Waals surface area contributed by atoms with Gasteiger partial charge < -0.3 is 10.1 Å². The molecule has 2 rings (SSSR count). The van der Waals surface area contributed by atoms with Crippen LogP contribution in [0.3, 0.4) is 0 Å². The minimum Gasteiger partial charge on any atom is -0.493 e. The highest BCUT2D eigenvalue weighted by molar-refractivity contribution is 5.85. The van der Waals surface area contributed by atoms with Gasteiger partial charge in [0.1, 0.15) is 6.04 Å². The summed E-state index contributed by atoms with van der Waals surface area (Å²) in [5, 5.41) is 3.00. The van der Waals surface area contributed by atoms with E-state index in [9.17, 15) is 17.6 Å². The summed E-state index contributed by atoms with van der Waals surface area (Å²) in [6.45, 7) is 1.46. The number of benzene rings is 1. The van der Waals surface area contributed by atoms with Crippen LogP contribution in [-0.2, 0) is 0 Å². The Balaban J connectivity index is 0.00000220. The summed E-state index contributed by atoms with van der Waals surface area (Å²) in [6, 6.07) is 1.78. The molecule has 3 nitrogen and oxygen atoms in total. The quantitative estimate of drug-likeness (QED) is 0.864. The van der Waals surface area contributed by atoms with Crippen LogP contribution in [0.4, 0.5) is 17.6 Å². The summed E-state index contributed by atoms with van der Waals surface area (Å²) < 4.78 is 58.7. The van der Waals surface area contributed by atoms with Crippen molar-refractivity contribution in [1.82, 2.24) is 10.2 Å². The Kier molecular flexibility index (Phi) is 6.24. The summed E-state index contributed by atoms with van der Waals surface area (Å²) in [4.78, 5) is 1.30. The fourth-order valence-corrected chi connectivity index (χ4v) is 2.48. The fourth-order valence-electron chi connectivity index (χ4n) is 2.48. The maximum absolute atomic E-state index is 13.6. The van der Waals surface area contributed by atoms with Crippen LogP contribution in [0, 0.1) is 5.82 Å². The molecule has 1 fully saturated rings. The average molecular weight is 329 g/mol. The zero-order chi connectivity index (χ0) is 14.8. The maximum atomic E-state index is 13.6. The highest BCUT2D eigenvalue weighted by Crippen LogP contribution is 2.42. The maximum Gasteiger partial charge on any atom is 0.408 e. The number of hydrogen-bond acceptors (Lipinski definition) is 3. The molecule has 1 heterocycles. The lowest BCUT2D eigenvalue weighted by Gasteiger charge is -2.36. The van der Waals surface area contributed by atoms with E-state index in [1.807, 2.05) is 0 Å². The van der Waals surface area contributed by atoms with E-state index in [1.54, 1.807) is 0 Å². The van der Waals surface area contributed by atoms with Crippen LogP contribution in [0.15, 0.2) is 18.2 Å². The number of para-hydroxylation sites is 1. The van der Waals surface area contributed by atoms with Gasteiger partial charge in [-0.3, -0.25) is 4.90 Å². The van der Waals surface area contributed by atoms with Crippen molar-refractivity contribution in [1.29, 1.82) is 0 Å². The predicted octanol–water partition coefficient (Wildman–Crippen LogP) is 2.76. The molecule has 1 aliphatic heterocycles. The highest BCUT2D eigenvalue weighted by Gasteiger charge is 2.46. The van der Waals surface area contributed by atoms with Gasteiger partial charge in [0.25, 0.3) is 0 Å². The van der Waals surface area contributed by atoms with Crippen molar-refractivity contribution in [2.24, 2.45) is 0 Å². The third-order valence-corrected chi connectivity index (χ3v) is 3.32. The average Bonchev–Trinajstić information content (AvgIpc) is 2.39. The van der Waals surface area contributed by atoms with Gasteiger partial charge in [0, 0.05) is 31.7 Å². The van der Waals surface area contributed by atoms with Crippen molar-refractivity contribution in [3.8, 4) is 5.75 Å². The van der Waals surface area contributed by atoms with E-state index in [4.69, 9.17) is 4.74 Å². The molecule has 1 saturated heterocycles. The van der Waals surface area contributed by atoms with Crippen molar-refractivity contribution < 1.29 is 22.3 Å². The number of alkyl halides is 3. The number of piperazine rings is 1. The first kappa shape index (κ1) is 18.0. The van der Waals surface area contributed by atoms with Crippen molar-refractivity contribution in [3.05, 3.63) is 29.6 Å². The Morgan fingerprint density at radius 3 is 2.38 bits per heavy atom. The van der Waals surface area contributed by atoms with E-state index < -0.39 is 18.0 Å². The van der Waals surface area contributed by atoms with Gasteiger partial charge in [-0.05, 0) is 6.07 Å². The predicted molar refractivity (Wildman–Crippen MR) is 73.4 cm³/mol. The molecule has 0 aliphatic carbocycles. The molecule has 8 heteroatoms. The molecule has 0 spiro atoms. The van der Waals surface area contributed by atoms with E-state index in [-0.39, 0.29) is 36.8 Å². The second-order valence-electron chi connectivity index (χ2n) is 4.59. The molecule has 0 aromatic heterocycles. The number of hydrogen-bond donors (Lipinski definition) is 1. The van der Waals surface area contributed by atoms with Gasteiger partial charge in [-0.25, -0.2) is 4.39 Å². The summed E-state index contributed by atoms with van der Waals surface area (Å²) in [5.41, 5.74) is -0.179. The van der Waals surface area contributed by atoms with Crippen LogP contribution >= 0.6 is 12.4 Å². The van der Waals surface area contributed by atoms with Crippen LogP contribution in [-0.4, -0.2) is 44.4 Å². The van der Waals surface area contributed by atoms with Gasteiger partial charge >= 0.3 is 6.18 Å². The Morgan fingerprint density at radius 1 is 1.24 bits per heavy atom. The number of halogens is 5. The smallest absolute Gasteiger partial charge is 0.408 e. The van der Waals surface area contributed by atoms with Crippen molar-refractivity contribution in [3.63, 3.8) is 0 Å². The molecule has 21 heavy (non-hydrogen) atoms. The molecule has 1 atom stereocenters. The molecule has 1 N–H and O–H groups in total.